The Labute approximate surface area is 124 Å². The molecule has 0 amide bonds. The van der Waals surface area contributed by atoms with Gasteiger partial charge in [-0.25, -0.2) is 12.7 Å². The molecule has 1 N–H and O–H groups in total. The van der Waals surface area contributed by atoms with Gasteiger partial charge in [0.05, 0.1) is 4.90 Å². The lowest BCUT2D eigenvalue weighted by atomic mass is 10.1. The molecule has 0 heterocycles. The zero-order valence-corrected chi connectivity index (χ0v) is 14.4. The highest BCUT2D eigenvalue weighted by Gasteiger charge is 2.21. The molecule has 0 saturated carbocycles. The van der Waals surface area contributed by atoms with E-state index in [1.807, 2.05) is 6.07 Å². The Bertz CT molecular complexity index is 554. The van der Waals surface area contributed by atoms with Gasteiger partial charge in [0.2, 0.25) is 10.0 Å². The second-order valence-electron chi connectivity index (χ2n) is 5.02. The topological polar surface area (TPSA) is 49.4 Å². The summed E-state index contributed by atoms with van der Waals surface area (Å²) >= 11 is 3.43. The second kappa shape index (κ2) is 6.35. The zero-order chi connectivity index (χ0) is 14.8. The van der Waals surface area contributed by atoms with Crippen LogP contribution in [0.5, 0.6) is 0 Å². The smallest absolute Gasteiger partial charge is 0.242 e. The van der Waals surface area contributed by atoms with E-state index >= 15 is 0 Å². The molecule has 0 aromatic heterocycles. The molecule has 0 radical (unpaired) electrons. The van der Waals surface area contributed by atoms with E-state index in [4.69, 9.17) is 0 Å². The monoisotopic (exact) mass is 348 g/mol. The first kappa shape index (κ1) is 16.6. The number of sulfonamides is 1. The number of halogens is 1. The normalized spacial score (nSPS) is 12.4. The van der Waals surface area contributed by atoms with Crippen molar-refractivity contribution < 1.29 is 8.42 Å². The molecule has 19 heavy (non-hydrogen) atoms. The molecule has 1 aromatic carbocycles. The van der Waals surface area contributed by atoms with Gasteiger partial charge in [0.25, 0.3) is 0 Å². The molecule has 0 fully saturated rings. The number of nitrogens with zero attached hydrogens (tertiary/aromatic N) is 1. The van der Waals surface area contributed by atoms with Crippen LogP contribution in [0, 0.1) is 6.92 Å². The fourth-order valence-electron chi connectivity index (χ4n) is 1.60. The molecule has 0 unspecified atom stereocenters. The summed E-state index contributed by atoms with van der Waals surface area (Å²) in [6.45, 7) is 6.56. The minimum Gasteiger partial charge on any atom is -0.310 e. The standard InChI is InChI=1S/C13H21BrN2O2S/c1-9(2)15-8-11-6-12(14)10(3)13(7-11)19(17,18)16(4)5/h6-7,9,15H,8H2,1-5H3. The Morgan fingerprint density at radius 2 is 1.89 bits per heavy atom. The third-order valence-electron chi connectivity index (χ3n) is 2.83. The van der Waals surface area contributed by atoms with Crippen molar-refractivity contribution >= 4 is 26.0 Å². The number of rotatable bonds is 5. The molecule has 6 heteroatoms. The molecule has 0 spiro atoms. The van der Waals surface area contributed by atoms with Crippen molar-refractivity contribution in [2.24, 2.45) is 0 Å². The van der Waals surface area contributed by atoms with E-state index < -0.39 is 10.0 Å². The predicted molar refractivity (Wildman–Crippen MR) is 81.7 cm³/mol. The van der Waals surface area contributed by atoms with Gasteiger partial charge in [-0.2, -0.15) is 0 Å². The van der Waals surface area contributed by atoms with Crippen LogP contribution in [0.15, 0.2) is 21.5 Å². The van der Waals surface area contributed by atoms with Gasteiger partial charge >= 0.3 is 0 Å². The van der Waals surface area contributed by atoms with Crippen LogP contribution < -0.4 is 5.32 Å². The van der Waals surface area contributed by atoms with Crippen LogP contribution in [0.1, 0.15) is 25.0 Å². The van der Waals surface area contributed by atoms with Crippen molar-refractivity contribution in [3.05, 3.63) is 27.7 Å². The Morgan fingerprint density at radius 3 is 2.37 bits per heavy atom. The summed E-state index contributed by atoms with van der Waals surface area (Å²) < 4.78 is 26.6. The molecule has 0 aliphatic rings. The highest BCUT2D eigenvalue weighted by atomic mass is 79.9. The van der Waals surface area contributed by atoms with E-state index in [1.165, 1.54) is 4.31 Å². The summed E-state index contributed by atoms with van der Waals surface area (Å²) in [6.07, 6.45) is 0. The van der Waals surface area contributed by atoms with Crippen LogP contribution in [-0.4, -0.2) is 32.9 Å². The largest absolute Gasteiger partial charge is 0.310 e. The van der Waals surface area contributed by atoms with Gasteiger partial charge in [-0.05, 0) is 30.2 Å². The third-order valence-corrected chi connectivity index (χ3v) is 5.59. The Balaban J connectivity index is 3.25. The average Bonchev–Trinajstić information content (AvgIpc) is 2.29. The molecule has 0 aliphatic heterocycles. The van der Waals surface area contributed by atoms with Gasteiger partial charge in [-0.15, -0.1) is 0 Å². The lowest BCUT2D eigenvalue weighted by molar-refractivity contribution is 0.519. The van der Waals surface area contributed by atoms with E-state index in [0.717, 1.165) is 15.6 Å². The van der Waals surface area contributed by atoms with Crippen molar-refractivity contribution in [1.29, 1.82) is 0 Å². The van der Waals surface area contributed by atoms with E-state index in [1.54, 1.807) is 27.1 Å². The first-order valence-corrected chi connectivity index (χ1v) is 8.34. The number of nitrogens with one attached hydrogen (secondary N) is 1. The van der Waals surface area contributed by atoms with Crippen molar-refractivity contribution in [3.8, 4) is 0 Å². The van der Waals surface area contributed by atoms with Crippen molar-refractivity contribution in [2.45, 2.75) is 38.3 Å². The fraction of sp³-hybridized carbons (Fsp3) is 0.538. The quantitative estimate of drug-likeness (QED) is 0.889. The Morgan fingerprint density at radius 1 is 1.32 bits per heavy atom. The SMILES string of the molecule is Cc1c(Br)cc(CNC(C)C)cc1S(=O)(=O)N(C)C. The Hall–Kier alpha value is -0.430. The van der Waals surface area contributed by atoms with Crippen LogP contribution in [0.25, 0.3) is 0 Å². The highest BCUT2D eigenvalue weighted by molar-refractivity contribution is 9.10. The molecule has 1 rings (SSSR count). The minimum atomic E-state index is -3.42. The first-order valence-electron chi connectivity index (χ1n) is 6.11. The van der Waals surface area contributed by atoms with E-state index in [9.17, 15) is 8.42 Å². The summed E-state index contributed by atoms with van der Waals surface area (Å²) in [5.74, 6) is 0. The molecule has 1 aromatic rings. The van der Waals surface area contributed by atoms with Gasteiger partial charge in [0.15, 0.2) is 0 Å². The third kappa shape index (κ3) is 4.02. The summed E-state index contributed by atoms with van der Waals surface area (Å²) in [7, 11) is -0.329. The second-order valence-corrected chi connectivity index (χ2v) is 8.00. The van der Waals surface area contributed by atoms with Gasteiger partial charge in [0.1, 0.15) is 0 Å². The molecule has 0 saturated heterocycles. The van der Waals surface area contributed by atoms with Crippen LogP contribution in [0.4, 0.5) is 0 Å². The first-order chi connectivity index (χ1) is 8.66. The number of hydrogen-bond donors (Lipinski definition) is 1. The average molecular weight is 349 g/mol. The van der Waals surface area contributed by atoms with Crippen molar-refractivity contribution in [2.75, 3.05) is 14.1 Å². The Kier molecular flexibility index (Phi) is 5.55. The molecular weight excluding hydrogens is 328 g/mol. The van der Waals surface area contributed by atoms with Crippen molar-refractivity contribution in [3.63, 3.8) is 0 Å². The molecule has 0 aliphatic carbocycles. The predicted octanol–water partition coefficient (Wildman–Crippen LogP) is 2.51. The lowest BCUT2D eigenvalue weighted by Gasteiger charge is -2.17. The van der Waals surface area contributed by atoms with Crippen LogP contribution in [0.2, 0.25) is 0 Å². The summed E-state index contributed by atoms with van der Waals surface area (Å²) in [4.78, 5) is 0.354. The molecular formula is C13H21BrN2O2S. The minimum absolute atomic E-state index is 0.354. The maximum Gasteiger partial charge on any atom is 0.242 e. The van der Waals surface area contributed by atoms with E-state index in [0.29, 0.717) is 17.5 Å². The summed E-state index contributed by atoms with van der Waals surface area (Å²) in [5, 5.41) is 3.29. The van der Waals surface area contributed by atoms with E-state index in [2.05, 4.69) is 35.1 Å². The lowest BCUT2D eigenvalue weighted by Crippen LogP contribution is -2.24. The highest BCUT2D eigenvalue weighted by Crippen LogP contribution is 2.27. The van der Waals surface area contributed by atoms with Gasteiger partial charge < -0.3 is 5.32 Å². The van der Waals surface area contributed by atoms with Gasteiger partial charge in [-0.3, -0.25) is 0 Å². The summed E-state index contributed by atoms with van der Waals surface area (Å²) in [5.41, 5.74) is 1.69. The number of hydrogen-bond acceptors (Lipinski definition) is 3. The molecule has 0 bridgehead atoms. The zero-order valence-electron chi connectivity index (χ0n) is 12.0. The van der Waals surface area contributed by atoms with Crippen LogP contribution >= 0.6 is 15.9 Å². The summed E-state index contributed by atoms with van der Waals surface area (Å²) in [6, 6.07) is 4.05. The van der Waals surface area contributed by atoms with Gasteiger partial charge in [-0.1, -0.05) is 29.8 Å². The molecule has 0 atom stereocenters. The van der Waals surface area contributed by atoms with E-state index in [-0.39, 0.29) is 0 Å². The maximum absolute atomic E-state index is 12.3. The van der Waals surface area contributed by atoms with Crippen LogP contribution in [0.3, 0.4) is 0 Å². The number of benzene rings is 1. The van der Waals surface area contributed by atoms with Crippen LogP contribution in [-0.2, 0) is 16.6 Å². The fourth-order valence-corrected chi connectivity index (χ4v) is 3.43. The van der Waals surface area contributed by atoms with Crippen molar-refractivity contribution in [1.82, 2.24) is 9.62 Å². The maximum atomic E-state index is 12.3. The van der Waals surface area contributed by atoms with Gasteiger partial charge in [0, 0.05) is 31.2 Å². The molecule has 108 valence electrons. The molecule has 4 nitrogen and oxygen atoms in total.